The van der Waals surface area contributed by atoms with Gasteiger partial charge in [0, 0.05) is 66.2 Å². The van der Waals surface area contributed by atoms with E-state index in [4.69, 9.17) is 83.2 Å². The number of nitrogen functional groups attached to an aromatic ring is 1. The second-order valence-electron chi connectivity index (χ2n) is 24.7. The molecule has 0 spiro atoms. The number of hydrogen-bond donors (Lipinski definition) is 5. The van der Waals surface area contributed by atoms with Crippen LogP contribution in [0.2, 0.25) is 0 Å². The number of carbonyl (C=O) groups excluding carboxylic acids is 3. The number of phenolic OH excluding ortho intramolecular Hbond substituents is 1. The first kappa shape index (κ1) is 119. The number of rotatable bonds is 24. The van der Waals surface area contributed by atoms with Crippen LogP contribution in [0.1, 0.15) is 113 Å². The number of carboxylic acid groups (broad SMARTS) is 1. The van der Waals surface area contributed by atoms with E-state index in [1.807, 2.05) is 189 Å². The predicted molar refractivity (Wildman–Crippen MR) is 450 cm³/mol. The molecule has 7 N–H and O–H groups in total. The first-order valence-electron chi connectivity index (χ1n) is 36.7. The number of nitrogens with two attached hydrogens (primary N) is 1. The average Bonchev–Trinajstić information content (AvgIpc) is 1.69. The summed E-state index contributed by atoms with van der Waals surface area (Å²) in [7, 11) is 8.27. The Kier molecular flexibility index (Phi) is 65.9. The fraction of sp³-hybridized carbons (Fsp3) is 0.280. The number of carbonyl (C=O) groups is 4. The van der Waals surface area contributed by atoms with E-state index in [-0.39, 0.29) is 195 Å². The zero-order chi connectivity index (χ0) is 87.5. The number of esters is 2. The monoisotopic (exact) mass is 1800 g/mol. The van der Waals surface area contributed by atoms with Gasteiger partial charge in [-0.3, -0.25) is 9.48 Å². The van der Waals surface area contributed by atoms with Gasteiger partial charge in [0.1, 0.15) is 61.5 Å². The van der Waals surface area contributed by atoms with Gasteiger partial charge >= 0.3 is 173 Å². The van der Waals surface area contributed by atoms with Crippen LogP contribution in [0.4, 0.5) is 5.69 Å². The van der Waals surface area contributed by atoms with Gasteiger partial charge in [0.25, 0.3) is 6.47 Å². The van der Waals surface area contributed by atoms with Crippen LogP contribution in [0.15, 0.2) is 224 Å². The van der Waals surface area contributed by atoms with Gasteiger partial charge in [0.2, 0.25) is 29.4 Å². The molecule has 12 aromatic rings. The van der Waals surface area contributed by atoms with Crippen LogP contribution in [0.3, 0.4) is 0 Å². The topological polar surface area (TPSA) is 437 Å². The molecule has 642 valence electrons. The molecule has 6 heterocycles. The summed E-state index contributed by atoms with van der Waals surface area (Å²) in [6.07, 6.45) is 11.5. The molecular formula is C82H106B2BrK2Li2N13O21. The Morgan fingerprint density at radius 1 is 0.488 bits per heavy atom. The fourth-order valence-electron chi connectivity index (χ4n) is 8.55. The SMILES string of the molecule is CC(C)OB(OC(C)C)OC(C)C.CCOC(=O)c1cnn(C)c1Br.CCOC(=O)c1cnn(C)c1Oc1ccccc1.Cc1cnn(C)c1Oc1ccccc1.Cn1ncc(B(O)O)c1Oc1ccccc1.Cn1ncc(C(=O)O)c1Oc1ccccc1.Cn1ncc(N)c1Oc1ccccc1.O=CO[O-].Oc1ccccc1.[CH2-]CCC.[H-].[K+].[K+].[Li+].[Li+].[OH-]. The molecule has 0 saturated heterocycles. The quantitative estimate of drug-likeness (QED) is 0.0143. The van der Waals surface area contributed by atoms with Gasteiger partial charge < -0.3 is 97.1 Å². The number of aromatic carboxylic acids is 1. The maximum atomic E-state index is 11.7. The molecule has 34 nitrogen and oxygen atoms in total. The number of aryl methyl sites for hydroxylation is 7. The van der Waals surface area contributed by atoms with Gasteiger partial charge in [-0.2, -0.15) is 37.0 Å². The summed E-state index contributed by atoms with van der Waals surface area (Å²) in [6, 6.07) is 55.2. The first-order chi connectivity index (χ1) is 56.4. The first-order valence-corrected chi connectivity index (χ1v) is 37.5. The normalized spacial score (nSPS) is 9.53. The number of benzene rings is 6. The molecule has 0 aliphatic carbocycles. The molecule has 6 aromatic carbocycles. The maximum absolute atomic E-state index is 11.7. The van der Waals surface area contributed by atoms with Crippen molar-refractivity contribution in [1.82, 2.24) is 58.7 Å². The fourth-order valence-corrected chi connectivity index (χ4v) is 8.90. The largest absolute Gasteiger partial charge is 1.00 e. The Morgan fingerprint density at radius 2 is 0.772 bits per heavy atom. The van der Waals surface area contributed by atoms with Crippen LogP contribution in [0.5, 0.6) is 63.9 Å². The van der Waals surface area contributed by atoms with Crippen molar-refractivity contribution in [2.75, 3.05) is 18.9 Å². The van der Waals surface area contributed by atoms with E-state index in [1.165, 1.54) is 45.3 Å². The zero-order valence-corrected chi connectivity index (χ0v) is 81.2. The van der Waals surface area contributed by atoms with E-state index in [1.54, 1.807) is 124 Å². The van der Waals surface area contributed by atoms with Gasteiger partial charge in [0.05, 0.1) is 55.9 Å². The van der Waals surface area contributed by atoms with E-state index >= 15 is 0 Å². The van der Waals surface area contributed by atoms with Crippen LogP contribution >= 0.6 is 15.9 Å². The average molecular weight is 1800 g/mol. The number of hydrogen-bond acceptors (Lipinski definition) is 27. The van der Waals surface area contributed by atoms with E-state index in [2.05, 4.69) is 65.3 Å². The molecule has 0 amide bonds. The molecule has 0 fully saturated rings. The Bertz CT molecular complexity index is 4620. The third kappa shape index (κ3) is 47.1. The molecule has 0 aliphatic rings. The molecular weight excluding hydrogens is 1700 g/mol. The minimum absolute atomic E-state index is 0. The summed E-state index contributed by atoms with van der Waals surface area (Å²) in [4.78, 5) is 45.0. The number of phenols is 1. The van der Waals surface area contributed by atoms with Crippen molar-refractivity contribution < 1.29 is 244 Å². The van der Waals surface area contributed by atoms with Crippen molar-refractivity contribution in [3.63, 3.8) is 0 Å². The summed E-state index contributed by atoms with van der Waals surface area (Å²) >= 11 is 3.22. The second-order valence-corrected chi connectivity index (χ2v) is 25.4. The number of ether oxygens (including phenoxy) is 7. The van der Waals surface area contributed by atoms with Gasteiger partial charge in [-0.25, -0.2) is 37.8 Å². The third-order valence-corrected chi connectivity index (χ3v) is 15.0. The number of unbranched alkanes of at least 4 members (excludes halogenated alkanes) is 1. The van der Waals surface area contributed by atoms with Gasteiger partial charge in [-0.1, -0.05) is 123 Å². The summed E-state index contributed by atoms with van der Waals surface area (Å²) in [5.41, 5.74) is 8.33. The van der Waals surface area contributed by atoms with Crippen LogP contribution in [-0.4, -0.2) is 155 Å². The van der Waals surface area contributed by atoms with E-state index in [9.17, 15) is 14.4 Å². The Labute approximate surface area is 837 Å². The third-order valence-electron chi connectivity index (χ3n) is 14.1. The molecule has 0 atom stereocenters. The minimum atomic E-state index is -1.59. The second kappa shape index (κ2) is 68.2. The number of carboxylic acids is 1. The summed E-state index contributed by atoms with van der Waals surface area (Å²) in [6.45, 7) is 23.5. The molecule has 41 heteroatoms. The van der Waals surface area contributed by atoms with E-state index in [0.29, 0.717) is 75.3 Å². The summed E-state index contributed by atoms with van der Waals surface area (Å²) in [5.74, 6) is 4.18. The number of nitrogens with zero attached hydrogens (tertiary/aromatic N) is 12. The molecule has 0 saturated carbocycles. The van der Waals surface area contributed by atoms with Crippen LogP contribution in [-0.2, 0) is 75.4 Å². The maximum Gasteiger partial charge on any atom is 1.00 e. The zero-order valence-electron chi connectivity index (χ0n) is 74.4. The van der Waals surface area contributed by atoms with Crippen LogP contribution in [0, 0.1) is 13.8 Å². The Morgan fingerprint density at radius 3 is 1.07 bits per heavy atom. The Hall–Kier alpha value is -8.14. The molecule has 0 aliphatic heterocycles. The standard InChI is InChI=1S/C13H14N2O3.C11H10N2O3.C11H12N2O.C10H11BN2O3.C10H11N3O.C9H21BO3.C7H9BrN2O2.C6H6O.C4H9.CH2O3.2K.2Li.H2O.H/c1-3-17-13(16)11-9-14-15(2)12(11)18-10-7-5-4-6-8-10;1-13-10(9(7-12-13)11(14)15)16-8-5-3-2-4-6-8;1-9-8-12-13(2)11(9)14-10-6-4-3-5-7-10;1-13-10(9(7-12-13)11(14)15)16-8-5-3-2-4-6-8;1-13-10(9(11)7-12-13)14-8-5-3-2-4-6-8;1-7(2)11-10(12-8(3)4)13-9(5)6;1-3-12-7(11)5-4-9-10(2)6(5)8;7-6-4-2-1-3-5-6;1-3-4-2;2-1-4-3;;;;;;/h4-9H,3H2,1-2H3;2-7H,1H3,(H,14,15);3-8H,1-2H3;2-7,14-15H,1H3;2-7H,11H2,1H3;7-9H,1-6H3;4H,3H2,1-2H3;1-5,7H;1,3-4H2,2H3;1,3H;;;;;1H2;/q;;;;;;;;-1;;4*+1;;-1/p-2. The van der Waals surface area contributed by atoms with Crippen molar-refractivity contribution in [3.8, 4) is 63.9 Å². The van der Waals surface area contributed by atoms with Crippen molar-refractivity contribution in [2.45, 2.75) is 100 Å². The summed E-state index contributed by atoms with van der Waals surface area (Å²) in [5, 5.41) is 68.0. The number of aromatic hydroxyl groups is 1. The van der Waals surface area contributed by atoms with Gasteiger partial charge in [-0.15, -0.1) is 0 Å². The number of halogens is 1. The van der Waals surface area contributed by atoms with Gasteiger partial charge in [0.15, 0.2) is 0 Å². The predicted octanol–water partition coefficient (Wildman–Crippen LogP) is 1.51. The van der Waals surface area contributed by atoms with Crippen molar-refractivity contribution in [3.05, 3.63) is 253 Å². The molecule has 12 rings (SSSR count). The Balaban J connectivity index is -0.000000655. The number of anilines is 1. The molecule has 0 radical (unpaired) electrons. The molecule has 0 unspecified atom stereocenters. The molecule has 123 heavy (non-hydrogen) atoms. The van der Waals surface area contributed by atoms with E-state index < -0.39 is 26.4 Å². The minimum Gasteiger partial charge on any atom is -1.00 e. The van der Waals surface area contributed by atoms with Crippen molar-refractivity contribution in [2.24, 2.45) is 42.3 Å². The van der Waals surface area contributed by atoms with Crippen molar-refractivity contribution in [1.29, 1.82) is 0 Å². The van der Waals surface area contributed by atoms with E-state index in [0.717, 1.165) is 29.4 Å². The summed E-state index contributed by atoms with van der Waals surface area (Å²) < 4.78 is 63.8. The van der Waals surface area contributed by atoms with Crippen LogP contribution in [0.25, 0.3) is 0 Å². The molecule has 6 aromatic heterocycles. The van der Waals surface area contributed by atoms with Gasteiger partial charge in [-0.05, 0) is 151 Å². The molecule has 0 bridgehead atoms. The number of aromatic nitrogens is 12. The number of para-hydroxylation sites is 6. The van der Waals surface area contributed by atoms with Crippen LogP contribution < -0.4 is 181 Å². The smallest absolute Gasteiger partial charge is 1.00 e. The van der Waals surface area contributed by atoms with Crippen molar-refractivity contribution >= 4 is 65.9 Å².